The van der Waals surface area contributed by atoms with Crippen molar-refractivity contribution in [3.63, 3.8) is 0 Å². The van der Waals surface area contributed by atoms with Gasteiger partial charge in [0.15, 0.2) is 0 Å². The third kappa shape index (κ3) is 3.99. The summed E-state index contributed by atoms with van der Waals surface area (Å²) in [6, 6.07) is 12.5. The summed E-state index contributed by atoms with van der Waals surface area (Å²) in [4.78, 5) is 5.67. The average Bonchev–Trinajstić information content (AvgIpc) is 2.49. The molecular formula is C16H20N2OS. The number of hydrogen-bond acceptors (Lipinski definition) is 4. The molecule has 4 heteroatoms. The first-order chi connectivity index (χ1) is 9.72. The minimum atomic E-state index is 0.340. The number of rotatable bonds is 6. The minimum Gasteiger partial charge on any atom is -0.497 e. The SMILES string of the molecule is CCNC(C)c1ccc(Sc2ccc(OC)cc2)nc1. The molecule has 0 bridgehead atoms. The van der Waals surface area contributed by atoms with Crippen LogP contribution < -0.4 is 10.1 Å². The second-order valence-electron chi connectivity index (χ2n) is 4.49. The molecule has 106 valence electrons. The van der Waals surface area contributed by atoms with Gasteiger partial charge in [0.2, 0.25) is 0 Å². The quantitative estimate of drug-likeness (QED) is 0.874. The predicted octanol–water partition coefficient (Wildman–Crippen LogP) is 3.91. The number of aromatic nitrogens is 1. The number of benzene rings is 1. The highest BCUT2D eigenvalue weighted by molar-refractivity contribution is 7.99. The van der Waals surface area contributed by atoms with Gasteiger partial charge in [-0.25, -0.2) is 4.98 Å². The van der Waals surface area contributed by atoms with Gasteiger partial charge in [-0.2, -0.15) is 0 Å². The number of nitrogens with one attached hydrogen (secondary N) is 1. The minimum absolute atomic E-state index is 0.340. The van der Waals surface area contributed by atoms with Crippen LogP contribution in [-0.4, -0.2) is 18.6 Å². The molecule has 1 aromatic carbocycles. The molecule has 1 unspecified atom stereocenters. The van der Waals surface area contributed by atoms with E-state index < -0.39 is 0 Å². The first kappa shape index (κ1) is 14.9. The molecule has 1 aromatic heterocycles. The molecule has 1 heterocycles. The van der Waals surface area contributed by atoms with Crippen LogP contribution in [0, 0.1) is 0 Å². The Kier molecular flexibility index (Phi) is 5.44. The molecule has 0 radical (unpaired) electrons. The highest BCUT2D eigenvalue weighted by Gasteiger charge is 2.05. The van der Waals surface area contributed by atoms with E-state index in [1.807, 2.05) is 30.5 Å². The summed E-state index contributed by atoms with van der Waals surface area (Å²) in [6.45, 7) is 5.22. The van der Waals surface area contributed by atoms with Crippen LogP contribution in [-0.2, 0) is 0 Å². The van der Waals surface area contributed by atoms with Crippen LogP contribution in [0.3, 0.4) is 0 Å². The topological polar surface area (TPSA) is 34.1 Å². The first-order valence-corrected chi connectivity index (χ1v) is 7.56. The lowest BCUT2D eigenvalue weighted by Crippen LogP contribution is -2.17. The van der Waals surface area contributed by atoms with Crippen molar-refractivity contribution in [2.75, 3.05) is 13.7 Å². The lowest BCUT2D eigenvalue weighted by Gasteiger charge is -2.12. The Hall–Kier alpha value is -1.52. The number of methoxy groups -OCH3 is 1. The third-order valence-electron chi connectivity index (χ3n) is 3.05. The van der Waals surface area contributed by atoms with Crippen molar-refractivity contribution in [2.24, 2.45) is 0 Å². The molecule has 2 aromatic rings. The fourth-order valence-corrected chi connectivity index (χ4v) is 2.65. The maximum Gasteiger partial charge on any atom is 0.118 e. The zero-order chi connectivity index (χ0) is 14.4. The van der Waals surface area contributed by atoms with E-state index in [2.05, 4.69) is 36.3 Å². The Balaban J connectivity index is 2.02. The summed E-state index contributed by atoms with van der Waals surface area (Å²) >= 11 is 1.65. The van der Waals surface area contributed by atoms with Crippen molar-refractivity contribution in [3.8, 4) is 5.75 Å². The highest BCUT2D eigenvalue weighted by atomic mass is 32.2. The zero-order valence-electron chi connectivity index (χ0n) is 12.1. The largest absolute Gasteiger partial charge is 0.497 e. The van der Waals surface area contributed by atoms with Crippen molar-refractivity contribution in [1.29, 1.82) is 0 Å². The monoisotopic (exact) mass is 288 g/mol. The Morgan fingerprint density at radius 1 is 1.20 bits per heavy atom. The van der Waals surface area contributed by atoms with Gasteiger partial charge in [-0.1, -0.05) is 24.8 Å². The van der Waals surface area contributed by atoms with Gasteiger partial charge < -0.3 is 10.1 Å². The lowest BCUT2D eigenvalue weighted by atomic mass is 10.1. The Labute approximate surface area is 124 Å². The number of pyridine rings is 1. The van der Waals surface area contributed by atoms with Crippen molar-refractivity contribution < 1.29 is 4.74 Å². The van der Waals surface area contributed by atoms with E-state index in [9.17, 15) is 0 Å². The molecule has 1 atom stereocenters. The summed E-state index contributed by atoms with van der Waals surface area (Å²) in [5, 5.41) is 4.39. The molecule has 0 fully saturated rings. The summed E-state index contributed by atoms with van der Waals surface area (Å²) in [7, 11) is 1.67. The van der Waals surface area contributed by atoms with Gasteiger partial charge in [-0.05, 0) is 49.4 Å². The average molecular weight is 288 g/mol. The zero-order valence-corrected chi connectivity index (χ0v) is 12.9. The number of ether oxygens (including phenoxy) is 1. The van der Waals surface area contributed by atoms with E-state index in [1.54, 1.807) is 18.9 Å². The summed E-state index contributed by atoms with van der Waals surface area (Å²) < 4.78 is 5.15. The predicted molar refractivity (Wildman–Crippen MR) is 83.4 cm³/mol. The van der Waals surface area contributed by atoms with Gasteiger partial charge in [0.1, 0.15) is 10.8 Å². The van der Waals surface area contributed by atoms with Crippen LogP contribution in [0.1, 0.15) is 25.5 Å². The van der Waals surface area contributed by atoms with Crippen LogP contribution in [0.5, 0.6) is 5.75 Å². The Morgan fingerprint density at radius 3 is 2.50 bits per heavy atom. The molecule has 0 aliphatic rings. The molecule has 0 spiro atoms. The van der Waals surface area contributed by atoms with Crippen molar-refractivity contribution >= 4 is 11.8 Å². The molecule has 20 heavy (non-hydrogen) atoms. The number of hydrogen-bond donors (Lipinski definition) is 1. The molecule has 0 aliphatic carbocycles. The van der Waals surface area contributed by atoms with E-state index in [1.165, 1.54) is 5.56 Å². The van der Waals surface area contributed by atoms with Crippen molar-refractivity contribution in [2.45, 2.75) is 29.8 Å². The van der Waals surface area contributed by atoms with E-state index in [0.717, 1.165) is 22.2 Å². The number of nitrogens with zero attached hydrogens (tertiary/aromatic N) is 1. The molecule has 0 saturated carbocycles. The first-order valence-electron chi connectivity index (χ1n) is 6.74. The van der Waals surface area contributed by atoms with Crippen LogP contribution in [0.4, 0.5) is 0 Å². The lowest BCUT2D eigenvalue weighted by molar-refractivity contribution is 0.414. The molecule has 1 N–H and O–H groups in total. The summed E-state index contributed by atoms with van der Waals surface area (Å²) in [6.07, 6.45) is 1.94. The maximum absolute atomic E-state index is 5.15. The van der Waals surface area contributed by atoms with Crippen LogP contribution in [0.2, 0.25) is 0 Å². The Morgan fingerprint density at radius 2 is 1.95 bits per heavy atom. The van der Waals surface area contributed by atoms with Gasteiger partial charge in [0.25, 0.3) is 0 Å². The fraction of sp³-hybridized carbons (Fsp3) is 0.312. The normalized spacial score (nSPS) is 12.2. The van der Waals surface area contributed by atoms with Gasteiger partial charge in [-0.15, -0.1) is 0 Å². The summed E-state index contributed by atoms with van der Waals surface area (Å²) in [5.74, 6) is 0.872. The van der Waals surface area contributed by atoms with Gasteiger partial charge in [-0.3, -0.25) is 0 Å². The third-order valence-corrected chi connectivity index (χ3v) is 4.01. The van der Waals surface area contributed by atoms with E-state index in [-0.39, 0.29) is 0 Å². The molecular weight excluding hydrogens is 268 g/mol. The van der Waals surface area contributed by atoms with Crippen LogP contribution >= 0.6 is 11.8 Å². The highest BCUT2D eigenvalue weighted by Crippen LogP contribution is 2.28. The van der Waals surface area contributed by atoms with Crippen LogP contribution in [0.25, 0.3) is 0 Å². The van der Waals surface area contributed by atoms with Crippen LogP contribution in [0.15, 0.2) is 52.5 Å². The molecule has 0 aliphatic heterocycles. The van der Waals surface area contributed by atoms with Gasteiger partial charge >= 0.3 is 0 Å². The molecule has 2 rings (SSSR count). The fourth-order valence-electron chi connectivity index (χ4n) is 1.90. The second kappa shape index (κ2) is 7.31. The summed E-state index contributed by atoms with van der Waals surface area (Å²) in [5.41, 5.74) is 1.21. The van der Waals surface area contributed by atoms with Gasteiger partial charge in [0, 0.05) is 17.1 Å². The second-order valence-corrected chi connectivity index (χ2v) is 5.58. The van der Waals surface area contributed by atoms with Gasteiger partial charge in [0.05, 0.1) is 7.11 Å². The van der Waals surface area contributed by atoms with Crippen molar-refractivity contribution in [3.05, 3.63) is 48.2 Å². The standard InChI is InChI=1S/C16H20N2OS/c1-4-17-12(2)13-5-10-16(18-11-13)20-15-8-6-14(19-3)7-9-15/h5-12,17H,4H2,1-3H3. The maximum atomic E-state index is 5.15. The Bertz CT molecular complexity index is 525. The molecule has 0 saturated heterocycles. The van der Waals surface area contributed by atoms with Crippen molar-refractivity contribution in [1.82, 2.24) is 10.3 Å². The van der Waals surface area contributed by atoms with E-state index >= 15 is 0 Å². The molecule has 3 nitrogen and oxygen atoms in total. The van der Waals surface area contributed by atoms with E-state index in [4.69, 9.17) is 4.74 Å². The molecule has 0 amide bonds. The smallest absolute Gasteiger partial charge is 0.118 e. The van der Waals surface area contributed by atoms with E-state index in [0.29, 0.717) is 6.04 Å².